The fraction of sp³-hybridized carbons (Fsp3) is 0.0800. The fourth-order valence-corrected chi connectivity index (χ4v) is 3.45. The highest BCUT2D eigenvalue weighted by Crippen LogP contribution is 2.22. The third kappa shape index (κ3) is 4.73. The first-order valence-corrected chi connectivity index (χ1v) is 10.0. The molecule has 0 atom stereocenters. The van der Waals surface area contributed by atoms with Gasteiger partial charge in [-0.25, -0.2) is 9.82 Å². The molecule has 6 nitrogen and oxygen atoms in total. The van der Waals surface area contributed by atoms with Crippen molar-refractivity contribution >= 4 is 34.6 Å². The number of hydrogen-bond acceptors (Lipinski definition) is 3. The summed E-state index contributed by atoms with van der Waals surface area (Å²) >= 11 is 0. The molecule has 0 aliphatic heterocycles. The number of hydrazone groups is 1. The van der Waals surface area contributed by atoms with E-state index in [9.17, 15) is 14.0 Å². The van der Waals surface area contributed by atoms with E-state index in [4.69, 9.17) is 0 Å². The van der Waals surface area contributed by atoms with Gasteiger partial charge in [0.05, 0.1) is 12.8 Å². The molecule has 0 aliphatic rings. The molecule has 0 spiro atoms. The van der Waals surface area contributed by atoms with Crippen molar-refractivity contribution in [1.29, 1.82) is 0 Å². The Morgan fingerprint density at radius 2 is 1.72 bits per heavy atom. The van der Waals surface area contributed by atoms with Crippen molar-refractivity contribution in [2.75, 3.05) is 5.32 Å². The quantitative estimate of drug-likeness (QED) is 0.349. The van der Waals surface area contributed by atoms with Crippen molar-refractivity contribution in [3.63, 3.8) is 0 Å². The van der Waals surface area contributed by atoms with Crippen molar-refractivity contribution in [2.24, 2.45) is 5.10 Å². The number of para-hydroxylation sites is 1. The number of nitrogens with zero attached hydrogens (tertiary/aromatic N) is 2. The predicted octanol–water partition coefficient (Wildman–Crippen LogP) is 4.55. The molecule has 32 heavy (non-hydrogen) atoms. The number of nitrogens with one attached hydrogen (secondary N) is 2. The van der Waals surface area contributed by atoms with Crippen molar-refractivity contribution in [2.45, 2.75) is 13.5 Å². The highest BCUT2D eigenvalue weighted by molar-refractivity contribution is 6.00. The minimum atomic E-state index is -0.370. The van der Waals surface area contributed by atoms with Gasteiger partial charge in [-0.3, -0.25) is 9.59 Å². The number of anilines is 1. The van der Waals surface area contributed by atoms with Gasteiger partial charge in [-0.1, -0.05) is 36.4 Å². The molecule has 1 heterocycles. The third-order valence-corrected chi connectivity index (χ3v) is 4.96. The first kappa shape index (κ1) is 21.0. The van der Waals surface area contributed by atoms with Gasteiger partial charge in [0.15, 0.2) is 0 Å². The molecular formula is C25H21FN4O2. The topological polar surface area (TPSA) is 75.5 Å². The van der Waals surface area contributed by atoms with Gasteiger partial charge in [0.1, 0.15) is 5.82 Å². The maximum atomic E-state index is 14.1. The molecule has 0 saturated heterocycles. The number of carbonyl (C=O) groups is 2. The van der Waals surface area contributed by atoms with Gasteiger partial charge < -0.3 is 9.88 Å². The molecule has 0 fully saturated rings. The molecule has 160 valence electrons. The first-order chi connectivity index (χ1) is 15.5. The number of carbonyl (C=O) groups excluding carboxylic acids is 2. The van der Waals surface area contributed by atoms with E-state index in [-0.39, 0.29) is 17.6 Å². The molecule has 7 heteroatoms. The van der Waals surface area contributed by atoms with E-state index in [1.807, 2.05) is 41.1 Å². The van der Waals surface area contributed by atoms with E-state index in [1.54, 1.807) is 42.6 Å². The number of amides is 2. The lowest BCUT2D eigenvalue weighted by Crippen LogP contribution is -2.17. The average Bonchev–Trinajstić information content (AvgIpc) is 3.13. The van der Waals surface area contributed by atoms with Crippen LogP contribution in [-0.2, 0) is 11.3 Å². The minimum Gasteiger partial charge on any atom is -0.342 e. The van der Waals surface area contributed by atoms with Crippen molar-refractivity contribution in [3.8, 4) is 0 Å². The highest BCUT2D eigenvalue weighted by atomic mass is 19.1. The second-order valence-corrected chi connectivity index (χ2v) is 7.28. The Morgan fingerprint density at radius 1 is 1.00 bits per heavy atom. The van der Waals surface area contributed by atoms with E-state index < -0.39 is 0 Å². The van der Waals surface area contributed by atoms with Crippen LogP contribution in [0.5, 0.6) is 0 Å². The number of aromatic nitrogens is 1. The lowest BCUT2D eigenvalue weighted by atomic mass is 10.2. The summed E-state index contributed by atoms with van der Waals surface area (Å²) in [5.74, 6) is -0.802. The summed E-state index contributed by atoms with van der Waals surface area (Å²) in [6.07, 6.45) is 3.46. The molecule has 3 aromatic carbocycles. The zero-order chi connectivity index (χ0) is 22.5. The summed E-state index contributed by atoms with van der Waals surface area (Å²) in [5.41, 5.74) is 5.88. The molecule has 0 radical (unpaired) electrons. The summed E-state index contributed by atoms with van der Waals surface area (Å²) < 4.78 is 16.1. The van der Waals surface area contributed by atoms with Crippen LogP contribution in [0.4, 0.5) is 10.1 Å². The van der Waals surface area contributed by atoms with Crippen LogP contribution in [0.1, 0.15) is 28.4 Å². The molecular weight excluding hydrogens is 407 g/mol. The largest absolute Gasteiger partial charge is 0.342 e. The molecule has 0 bridgehead atoms. The first-order valence-electron chi connectivity index (χ1n) is 10.0. The number of fused-ring (bicyclic) bond motifs is 1. The van der Waals surface area contributed by atoms with Crippen LogP contribution in [-0.4, -0.2) is 22.6 Å². The van der Waals surface area contributed by atoms with Gasteiger partial charge >= 0.3 is 0 Å². The van der Waals surface area contributed by atoms with Crippen LogP contribution >= 0.6 is 0 Å². The van der Waals surface area contributed by atoms with Crippen LogP contribution in [0.2, 0.25) is 0 Å². The fourth-order valence-electron chi connectivity index (χ4n) is 3.45. The Morgan fingerprint density at radius 3 is 2.47 bits per heavy atom. The van der Waals surface area contributed by atoms with E-state index in [0.717, 1.165) is 16.5 Å². The summed E-state index contributed by atoms with van der Waals surface area (Å²) in [5, 5.41) is 7.69. The van der Waals surface area contributed by atoms with Crippen LogP contribution in [0.3, 0.4) is 0 Å². The Hall–Kier alpha value is -4.26. The SMILES string of the molecule is CC(=O)Nc1ccc(C(=O)NN=Cc2cn(Cc3ccccc3F)c3ccccc23)cc1. The molecule has 2 amide bonds. The summed E-state index contributed by atoms with van der Waals surface area (Å²) in [6.45, 7) is 1.80. The Kier molecular flexibility index (Phi) is 6.07. The van der Waals surface area contributed by atoms with Crippen LogP contribution in [0.15, 0.2) is 84.1 Å². The highest BCUT2D eigenvalue weighted by Gasteiger charge is 2.10. The van der Waals surface area contributed by atoms with Crippen molar-refractivity contribution in [1.82, 2.24) is 9.99 Å². The third-order valence-electron chi connectivity index (χ3n) is 4.96. The molecule has 4 aromatic rings. The Balaban J connectivity index is 1.51. The monoisotopic (exact) mass is 428 g/mol. The molecule has 2 N–H and O–H groups in total. The zero-order valence-corrected chi connectivity index (χ0v) is 17.4. The number of hydrogen-bond donors (Lipinski definition) is 2. The van der Waals surface area contributed by atoms with E-state index in [0.29, 0.717) is 23.4 Å². The smallest absolute Gasteiger partial charge is 0.271 e. The normalized spacial score (nSPS) is 11.1. The van der Waals surface area contributed by atoms with E-state index in [2.05, 4.69) is 15.8 Å². The second-order valence-electron chi connectivity index (χ2n) is 7.28. The second kappa shape index (κ2) is 9.26. The van der Waals surface area contributed by atoms with E-state index in [1.165, 1.54) is 13.0 Å². The predicted molar refractivity (Wildman–Crippen MR) is 123 cm³/mol. The van der Waals surface area contributed by atoms with Gasteiger partial charge in [-0.2, -0.15) is 5.10 Å². The maximum absolute atomic E-state index is 14.1. The zero-order valence-electron chi connectivity index (χ0n) is 17.4. The lowest BCUT2D eigenvalue weighted by molar-refractivity contribution is -0.114. The van der Waals surface area contributed by atoms with Gasteiger partial charge in [0.2, 0.25) is 5.91 Å². The van der Waals surface area contributed by atoms with Crippen molar-refractivity contribution < 1.29 is 14.0 Å². The summed E-state index contributed by atoms with van der Waals surface area (Å²) in [6, 6.07) is 21.0. The van der Waals surface area contributed by atoms with Gasteiger partial charge in [-0.15, -0.1) is 0 Å². The van der Waals surface area contributed by atoms with Gasteiger partial charge in [-0.05, 0) is 36.4 Å². The average molecular weight is 428 g/mol. The standard InChI is InChI=1S/C25H21FN4O2/c1-17(31)28-21-12-10-18(11-13-21)25(32)29-27-14-20-16-30(24-9-5-3-7-22(20)24)15-19-6-2-4-8-23(19)26/h2-14,16H,15H2,1H3,(H,28,31)(H,29,32). The Labute approximate surface area is 184 Å². The number of halogens is 1. The van der Waals surface area contributed by atoms with Crippen molar-refractivity contribution in [3.05, 3.63) is 102 Å². The number of benzene rings is 3. The maximum Gasteiger partial charge on any atom is 0.271 e. The minimum absolute atomic E-state index is 0.180. The van der Waals surface area contributed by atoms with Gasteiger partial charge in [0.25, 0.3) is 5.91 Å². The van der Waals surface area contributed by atoms with Gasteiger partial charge in [0, 0.05) is 46.4 Å². The summed E-state index contributed by atoms with van der Waals surface area (Å²) in [7, 11) is 0. The van der Waals surface area contributed by atoms with E-state index >= 15 is 0 Å². The number of rotatable bonds is 6. The molecule has 0 aliphatic carbocycles. The van der Waals surface area contributed by atoms with Crippen LogP contribution in [0.25, 0.3) is 10.9 Å². The van der Waals surface area contributed by atoms with Crippen LogP contribution < -0.4 is 10.7 Å². The Bertz CT molecular complexity index is 1310. The van der Waals surface area contributed by atoms with Crippen LogP contribution in [0, 0.1) is 5.82 Å². The molecule has 0 saturated carbocycles. The lowest BCUT2D eigenvalue weighted by Gasteiger charge is -2.06. The summed E-state index contributed by atoms with van der Waals surface area (Å²) in [4.78, 5) is 23.4. The molecule has 1 aromatic heterocycles. The molecule has 0 unspecified atom stereocenters. The molecule has 4 rings (SSSR count).